The zero-order chi connectivity index (χ0) is 14.8. The van der Waals surface area contributed by atoms with Crippen molar-refractivity contribution in [1.29, 1.82) is 0 Å². The van der Waals surface area contributed by atoms with Crippen LogP contribution in [0.2, 0.25) is 5.02 Å². The second-order valence-electron chi connectivity index (χ2n) is 5.73. The zero-order valence-corrected chi connectivity index (χ0v) is 12.9. The number of nitrogens with one attached hydrogen (secondary N) is 1. The van der Waals surface area contributed by atoms with Crippen LogP contribution in [0, 0.1) is 11.7 Å². The largest absolute Gasteiger partial charge is 0.350 e. The Morgan fingerprint density at radius 2 is 2.19 bits per heavy atom. The van der Waals surface area contributed by atoms with Crippen molar-refractivity contribution in [2.75, 3.05) is 6.54 Å². The van der Waals surface area contributed by atoms with Gasteiger partial charge < -0.3 is 9.88 Å². The minimum Gasteiger partial charge on any atom is -0.350 e. The maximum absolute atomic E-state index is 13.1. The first-order valence-electron chi connectivity index (χ1n) is 7.50. The SMILES string of the molecule is CCNC(c1ccn(Cc2ccc(F)cc2Cl)c1)C1CC1. The normalized spacial score (nSPS) is 16.1. The molecule has 1 heterocycles. The van der Waals surface area contributed by atoms with Gasteiger partial charge in [0.25, 0.3) is 0 Å². The molecule has 1 atom stereocenters. The molecule has 1 aliphatic carbocycles. The van der Waals surface area contributed by atoms with Gasteiger partial charge in [-0.05, 0) is 54.6 Å². The lowest BCUT2D eigenvalue weighted by atomic mass is 10.1. The van der Waals surface area contributed by atoms with Crippen LogP contribution in [0.5, 0.6) is 0 Å². The molecule has 1 N–H and O–H groups in total. The average molecular weight is 307 g/mol. The highest BCUT2D eigenvalue weighted by atomic mass is 35.5. The Bertz CT molecular complexity index is 619. The third-order valence-corrected chi connectivity index (χ3v) is 4.37. The van der Waals surface area contributed by atoms with E-state index in [0.29, 0.717) is 17.6 Å². The minimum absolute atomic E-state index is 0.294. The fourth-order valence-electron chi connectivity index (χ4n) is 2.79. The van der Waals surface area contributed by atoms with E-state index in [4.69, 9.17) is 11.6 Å². The van der Waals surface area contributed by atoms with Crippen LogP contribution in [0.15, 0.2) is 36.7 Å². The van der Waals surface area contributed by atoms with Crippen molar-refractivity contribution in [3.8, 4) is 0 Å². The molecule has 0 saturated heterocycles. The van der Waals surface area contributed by atoms with Crippen molar-refractivity contribution in [2.45, 2.75) is 32.4 Å². The average Bonchev–Trinajstić information content (AvgIpc) is 3.19. The summed E-state index contributed by atoms with van der Waals surface area (Å²) >= 11 is 6.09. The van der Waals surface area contributed by atoms with Crippen molar-refractivity contribution in [1.82, 2.24) is 9.88 Å². The summed E-state index contributed by atoms with van der Waals surface area (Å²) in [5.74, 6) is 0.480. The van der Waals surface area contributed by atoms with E-state index in [1.54, 1.807) is 6.07 Å². The number of nitrogens with zero attached hydrogens (tertiary/aromatic N) is 1. The molecule has 1 aromatic carbocycles. The van der Waals surface area contributed by atoms with Gasteiger partial charge in [-0.2, -0.15) is 0 Å². The lowest BCUT2D eigenvalue weighted by molar-refractivity contribution is 0.495. The molecule has 1 aromatic heterocycles. The van der Waals surface area contributed by atoms with Gasteiger partial charge in [0.1, 0.15) is 5.82 Å². The predicted octanol–water partition coefficient (Wildman–Crippen LogP) is 4.39. The van der Waals surface area contributed by atoms with E-state index in [0.717, 1.165) is 18.0 Å². The first-order chi connectivity index (χ1) is 10.2. The van der Waals surface area contributed by atoms with Crippen LogP contribution in [0.25, 0.3) is 0 Å². The highest BCUT2D eigenvalue weighted by Crippen LogP contribution is 2.41. The summed E-state index contributed by atoms with van der Waals surface area (Å²) in [6.45, 7) is 3.80. The number of benzene rings is 1. The number of halogens is 2. The summed E-state index contributed by atoms with van der Waals surface area (Å²) in [7, 11) is 0. The summed E-state index contributed by atoms with van der Waals surface area (Å²) in [5, 5.41) is 4.05. The van der Waals surface area contributed by atoms with Crippen molar-refractivity contribution in [3.63, 3.8) is 0 Å². The molecular formula is C17H20ClFN2. The van der Waals surface area contributed by atoms with Crippen LogP contribution in [0.1, 0.15) is 36.9 Å². The van der Waals surface area contributed by atoms with Crippen LogP contribution in [-0.4, -0.2) is 11.1 Å². The van der Waals surface area contributed by atoms with E-state index in [1.165, 1.54) is 30.5 Å². The standard InChI is InChI=1S/C17H20ClFN2/c1-2-20-17(12-3-4-12)14-7-8-21(11-14)10-13-5-6-15(19)9-16(13)18/h5-9,11-12,17,20H,2-4,10H2,1H3. The van der Waals surface area contributed by atoms with Crippen molar-refractivity contribution in [3.05, 3.63) is 58.6 Å². The molecule has 112 valence electrons. The molecule has 4 heteroatoms. The van der Waals surface area contributed by atoms with Gasteiger partial charge in [0, 0.05) is 30.0 Å². The first kappa shape index (κ1) is 14.6. The van der Waals surface area contributed by atoms with E-state index in [9.17, 15) is 4.39 Å². The number of hydrogen-bond donors (Lipinski definition) is 1. The Morgan fingerprint density at radius 1 is 1.38 bits per heavy atom. The molecule has 0 amide bonds. The number of rotatable bonds is 6. The third-order valence-electron chi connectivity index (χ3n) is 4.02. The van der Waals surface area contributed by atoms with Gasteiger partial charge in [0.2, 0.25) is 0 Å². The Balaban J connectivity index is 1.75. The second-order valence-corrected chi connectivity index (χ2v) is 6.13. The summed E-state index contributed by atoms with van der Waals surface area (Å²) in [5.41, 5.74) is 2.27. The Hall–Kier alpha value is -1.32. The van der Waals surface area contributed by atoms with Gasteiger partial charge >= 0.3 is 0 Å². The molecule has 1 unspecified atom stereocenters. The summed E-state index contributed by atoms with van der Waals surface area (Å²) in [6.07, 6.45) is 6.87. The maximum atomic E-state index is 13.1. The quantitative estimate of drug-likeness (QED) is 0.837. The van der Waals surface area contributed by atoms with E-state index >= 15 is 0 Å². The summed E-state index contributed by atoms with van der Waals surface area (Å²) < 4.78 is 15.2. The fourth-order valence-corrected chi connectivity index (χ4v) is 3.02. The Morgan fingerprint density at radius 3 is 2.86 bits per heavy atom. The number of aromatic nitrogens is 1. The molecule has 1 saturated carbocycles. The van der Waals surface area contributed by atoms with E-state index in [1.807, 2.05) is 0 Å². The molecule has 1 aliphatic rings. The van der Waals surface area contributed by atoms with Gasteiger partial charge in [-0.15, -0.1) is 0 Å². The molecular weight excluding hydrogens is 287 g/mol. The highest BCUT2D eigenvalue weighted by Gasteiger charge is 2.32. The molecule has 0 radical (unpaired) electrons. The van der Waals surface area contributed by atoms with Crippen molar-refractivity contribution >= 4 is 11.6 Å². The summed E-state index contributed by atoms with van der Waals surface area (Å²) in [4.78, 5) is 0. The summed E-state index contributed by atoms with van der Waals surface area (Å²) in [6, 6.07) is 7.20. The van der Waals surface area contributed by atoms with Crippen LogP contribution >= 0.6 is 11.6 Å². The Kier molecular flexibility index (Phi) is 4.32. The van der Waals surface area contributed by atoms with Gasteiger partial charge in [-0.25, -0.2) is 4.39 Å². The first-order valence-corrected chi connectivity index (χ1v) is 7.88. The molecule has 3 rings (SSSR count). The molecule has 21 heavy (non-hydrogen) atoms. The Labute approximate surface area is 129 Å². The van der Waals surface area contributed by atoms with Crippen molar-refractivity contribution in [2.24, 2.45) is 5.92 Å². The van der Waals surface area contributed by atoms with Gasteiger partial charge in [-0.3, -0.25) is 0 Å². The number of hydrogen-bond acceptors (Lipinski definition) is 1. The fraction of sp³-hybridized carbons (Fsp3) is 0.412. The van der Waals surface area contributed by atoms with Gasteiger partial charge in [0.15, 0.2) is 0 Å². The molecule has 0 aliphatic heterocycles. The van der Waals surface area contributed by atoms with Crippen molar-refractivity contribution < 1.29 is 4.39 Å². The highest BCUT2D eigenvalue weighted by molar-refractivity contribution is 6.31. The van der Waals surface area contributed by atoms with Crippen LogP contribution in [0.4, 0.5) is 4.39 Å². The molecule has 0 bridgehead atoms. The van der Waals surface area contributed by atoms with Crippen LogP contribution in [-0.2, 0) is 6.54 Å². The van der Waals surface area contributed by atoms with Gasteiger partial charge in [0.05, 0.1) is 0 Å². The van der Waals surface area contributed by atoms with Crippen LogP contribution in [0.3, 0.4) is 0 Å². The minimum atomic E-state index is -0.294. The van der Waals surface area contributed by atoms with E-state index in [-0.39, 0.29) is 5.82 Å². The maximum Gasteiger partial charge on any atom is 0.124 e. The van der Waals surface area contributed by atoms with E-state index in [2.05, 4.69) is 35.3 Å². The lowest BCUT2D eigenvalue weighted by Gasteiger charge is -2.15. The zero-order valence-electron chi connectivity index (χ0n) is 12.2. The monoisotopic (exact) mass is 306 g/mol. The lowest BCUT2D eigenvalue weighted by Crippen LogP contribution is -2.22. The second kappa shape index (κ2) is 6.20. The van der Waals surface area contributed by atoms with Crippen LogP contribution < -0.4 is 5.32 Å². The molecule has 2 nitrogen and oxygen atoms in total. The molecule has 1 fully saturated rings. The smallest absolute Gasteiger partial charge is 0.124 e. The van der Waals surface area contributed by atoms with Gasteiger partial charge in [-0.1, -0.05) is 24.6 Å². The molecule has 2 aromatic rings. The predicted molar refractivity (Wildman–Crippen MR) is 84.1 cm³/mol. The third kappa shape index (κ3) is 3.47. The molecule has 0 spiro atoms. The van der Waals surface area contributed by atoms with E-state index < -0.39 is 0 Å². The topological polar surface area (TPSA) is 17.0 Å².